The van der Waals surface area contributed by atoms with Gasteiger partial charge in [0.2, 0.25) is 11.1 Å². The van der Waals surface area contributed by atoms with E-state index in [4.69, 9.17) is 9.15 Å². The standard InChI is InChI=1S/C10H13N5O2S/c1-5-6(2)17-10(12-5)18-9-14-7(11-3)13-8(15-9)16-4/h1-4H3,(H,11,13,14,15). The van der Waals surface area contributed by atoms with Gasteiger partial charge in [-0.05, 0) is 13.8 Å². The number of nitrogens with zero attached hydrogens (tertiary/aromatic N) is 4. The van der Waals surface area contributed by atoms with E-state index in [0.29, 0.717) is 16.3 Å². The van der Waals surface area contributed by atoms with Crippen molar-refractivity contribution in [2.75, 3.05) is 19.5 Å². The second-order valence-electron chi connectivity index (χ2n) is 3.40. The van der Waals surface area contributed by atoms with Gasteiger partial charge in [0.15, 0.2) is 0 Å². The van der Waals surface area contributed by atoms with E-state index < -0.39 is 0 Å². The first kappa shape index (κ1) is 12.6. The third-order valence-corrected chi connectivity index (χ3v) is 2.90. The molecule has 2 aromatic rings. The molecule has 0 spiro atoms. The summed E-state index contributed by atoms with van der Waals surface area (Å²) in [6.45, 7) is 3.75. The van der Waals surface area contributed by atoms with Crippen LogP contribution in [-0.2, 0) is 0 Å². The zero-order valence-corrected chi connectivity index (χ0v) is 11.3. The Morgan fingerprint density at radius 2 is 1.94 bits per heavy atom. The average Bonchev–Trinajstić information content (AvgIpc) is 2.67. The molecule has 2 rings (SSSR count). The molecule has 0 saturated carbocycles. The van der Waals surface area contributed by atoms with Crippen molar-refractivity contribution >= 4 is 17.7 Å². The average molecular weight is 267 g/mol. The Balaban J connectivity index is 2.27. The van der Waals surface area contributed by atoms with E-state index in [2.05, 4.69) is 25.3 Å². The van der Waals surface area contributed by atoms with Gasteiger partial charge in [-0.1, -0.05) is 0 Å². The van der Waals surface area contributed by atoms with Crippen molar-refractivity contribution in [2.45, 2.75) is 24.2 Å². The normalized spacial score (nSPS) is 10.4. The van der Waals surface area contributed by atoms with E-state index in [9.17, 15) is 0 Å². The largest absolute Gasteiger partial charge is 0.467 e. The third kappa shape index (κ3) is 2.70. The van der Waals surface area contributed by atoms with Gasteiger partial charge in [-0.2, -0.15) is 15.0 Å². The van der Waals surface area contributed by atoms with Crippen LogP contribution in [0, 0.1) is 13.8 Å². The molecule has 0 aliphatic rings. The van der Waals surface area contributed by atoms with E-state index in [-0.39, 0.29) is 6.01 Å². The van der Waals surface area contributed by atoms with Gasteiger partial charge in [0.1, 0.15) is 5.76 Å². The van der Waals surface area contributed by atoms with Gasteiger partial charge < -0.3 is 14.5 Å². The molecule has 0 fully saturated rings. The molecule has 1 N–H and O–H groups in total. The summed E-state index contributed by atoms with van der Waals surface area (Å²) in [7, 11) is 3.23. The Morgan fingerprint density at radius 3 is 2.50 bits per heavy atom. The maximum Gasteiger partial charge on any atom is 0.321 e. The van der Waals surface area contributed by atoms with Gasteiger partial charge in [0.25, 0.3) is 5.22 Å². The van der Waals surface area contributed by atoms with Crippen LogP contribution >= 0.6 is 11.8 Å². The van der Waals surface area contributed by atoms with Gasteiger partial charge >= 0.3 is 6.01 Å². The van der Waals surface area contributed by atoms with E-state index >= 15 is 0 Å². The predicted octanol–water partition coefficient (Wildman–Crippen LogP) is 1.68. The van der Waals surface area contributed by atoms with Crippen LogP contribution in [0.2, 0.25) is 0 Å². The lowest BCUT2D eigenvalue weighted by molar-refractivity contribution is 0.373. The van der Waals surface area contributed by atoms with Crippen LogP contribution in [0.3, 0.4) is 0 Å². The van der Waals surface area contributed by atoms with Gasteiger partial charge in [0.05, 0.1) is 12.8 Å². The summed E-state index contributed by atoms with van der Waals surface area (Å²) in [5.41, 5.74) is 0.854. The fraction of sp³-hybridized carbons (Fsp3) is 0.400. The van der Waals surface area contributed by atoms with E-state index in [1.54, 1.807) is 7.05 Å². The highest BCUT2D eigenvalue weighted by Crippen LogP contribution is 2.27. The summed E-state index contributed by atoms with van der Waals surface area (Å²) in [5.74, 6) is 1.22. The number of aromatic nitrogens is 4. The van der Waals surface area contributed by atoms with Crippen molar-refractivity contribution in [3.8, 4) is 6.01 Å². The lowest BCUT2D eigenvalue weighted by Crippen LogP contribution is -2.02. The zero-order valence-electron chi connectivity index (χ0n) is 10.5. The summed E-state index contributed by atoms with van der Waals surface area (Å²) in [6.07, 6.45) is 0. The van der Waals surface area contributed by atoms with Crippen LogP contribution in [0.15, 0.2) is 14.8 Å². The maximum atomic E-state index is 5.46. The number of hydrogen-bond acceptors (Lipinski definition) is 8. The van der Waals surface area contributed by atoms with Gasteiger partial charge in [-0.15, -0.1) is 0 Å². The third-order valence-electron chi connectivity index (χ3n) is 2.19. The Bertz CT molecular complexity index is 515. The van der Waals surface area contributed by atoms with Crippen LogP contribution < -0.4 is 10.1 Å². The molecule has 8 heteroatoms. The molecular weight excluding hydrogens is 254 g/mol. The maximum absolute atomic E-state index is 5.46. The molecule has 2 heterocycles. The highest BCUT2D eigenvalue weighted by Gasteiger charge is 2.12. The van der Waals surface area contributed by atoms with Crippen molar-refractivity contribution in [3.05, 3.63) is 11.5 Å². The molecule has 0 aliphatic heterocycles. The smallest absolute Gasteiger partial charge is 0.321 e. The summed E-state index contributed by atoms with van der Waals surface area (Å²) >= 11 is 1.22. The quantitative estimate of drug-likeness (QED) is 0.895. The molecule has 0 atom stereocenters. The van der Waals surface area contributed by atoms with E-state index in [0.717, 1.165) is 11.5 Å². The first-order chi connectivity index (χ1) is 8.62. The molecule has 0 aromatic carbocycles. The van der Waals surface area contributed by atoms with E-state index in [1.165, 1.54) is 18.9 Å². The highest BCUT2D eigenvalue weighted by atomic mass is 32.2. The van der Waals surface area contributed by atoms with Crippen LogP contribution in [0.5, 0.6) is 6.01 Å². The first-order valence-corrected chi connectivity index (χ1v) is 6.03. The summed E-state index contributed by atoms with van der Waals surface area (Å²) in [4.78, 5) is 16.6. The van der Waals surface area contributed by atoms with Gasteiger partial charge in [-0.3, -0.25) is 0 Å². The number of rotatable bonds is 4. The van der Waals surface area contributed by atoms with Crippen molar-refractivity contribution in [1.82, 2.24) is 19.9 Å². The highest BCUT2D eigenvalue weighted by molar-refractivity contribution is 7.98. The van der Waals surface area contributed by atoms with Gasteiger partial charge in [0, 0.05) is 18.8 Å². The Labute approximate surface area is 108 Å². The molecule has 0 amide bonds. The Hall–Kier alpha value is -1.83. The number of anilines is 1. The van der Waals surface area contributed by atoms with Crippen molar-refractivity contribution < 1.29 is 9.15 Å². The topological polar surface area (TPSA) is 86.0 Å². The second-order valence-corrected chi connectivity index (χ2v) is 4.32. The van der Waals surface area contributed by atoms with Crippen molar-refractivity contribution in [3.63, 3.8) is 0 Å². The first-order valence-electron chi connectivity index (χ1n) is 5.22. The minimum atomic E-state index is 0.247. The monoisotopic (exact) mass is 267 g/mol. The minimum absolute atomic E-state index is 0.247. The molecule has 0 aliphatic carbocycles. The number of nitrogens with one attached hydrogen (secondary N) is 1. The number of oxazole rings is 1. The zero-order chi connectivity index (χ0) is 13.1. The summed E-state index contributed by atoms with van der Waals surface area (Å²) in [6, 6.07) is 0.247. The molecule has 0 bridgehead atoms. The number of hydrogen-bond donors (Lipinski definition) is 1. The number of methoxy groups -OCH3 is 1. The number of ether oxygens (including phenoxy) is 1. The van der Waals surface area contributed by atoms with Crippen molar-refractivity contribution in [1.29, 1.82) is 0 Å². The Morgan fingerprint density at radius 1 is 1.17 bits per heavy atom. The number of aryl methyl sites for hydroxylation is 2. The molecule has 7 nitrogen and oxygen atoms in total. The molecule has 0 saturated heterocycles. The van der Waals surface area contributed by atoms with Crippen LogP contribution in [0.4, 0.5) is 5.95 Å². The van der Waals surface area contributed by atoms with Gasteiger partial charge in [-0.25, -0.2) is 4.98 Å². The molecule has 0 unspecified atom stereocenters. The van der Waals surface area contributed by atoms with Crippen LogP contribution in [-0.4, -0.2) is 34.1 Å². The Kier molecular flexibility index (Phi) is 3.66. The SMILES string of the molecule is CNc1nc(OC)nc(Sc2nc(C)c(C)o2)n1. The lowest BCUT2D eigenvalue weighted by Gasteiger charge is -2.03. The molecule has 18 heavy (non-hydrogen) atoms. The second kappa shape index (κ2) is 5.21. The fourth-order valence-corrected chi connectivity index (χ4v) is 1.91. The lowest BCUT2D eigenvalue weighted by atomic mass is 10.4. The van der Waals surface area contributed by atoms with Crippen molar-refractivity contribution in [2.24, 2.45) is 0 Å². The fourth-order valence-electron chi connectivity index (χ4n) is 1.15. The van der Waals surface area contributed by atoms with E-state index in [1.807, 2.05) is 13.8 Å². The molecule has 2 aromatic heterocycles. The molecule has 0 radical (unpaired) electrons. The molecular formula is C10H13N5O2S. The summed E-state index contributed by atoms with van der Waals surface area (Å²) in [5, 5.41) is 3.80. The van der Waals surface area contributed by atoms with Crippen LogP contribution in [0.1, 0.15) is 11.5 Å². The minimum Gasteiger partial charge on any atom is -0.467 e. The summed E-state index contributed by atoms with van der Waals surface area (Å²) < 4.78 is 10.5. The predicted molar refractivity (Wildman–Crippen MR) is 66.0 cm³/mol. The van der Waals surface area contributed by atoms with Crippen LogP contribution in [0.25, 0.3) is 0 Å². The molecule has 96 valence electrons.